The molecule has 0 aliphatic carbocycles. The quantitative estimate of drug-likeness (QED) is 0.0697. The van der Waals surface area contributed by atoms with Gasteiger partial charge in [0.15, 0.2) is 0 Å². The lowest BCUT2D eigenvalue weighted by atomic mass is 9.93. The van der Waals surface area contributed by atoms with Crippen molar-refractivity contribution in [2.24, 2.45) is 11.3 Å². The van der Waals surface area contributed by atoms with E-state index in [1.54, 1.807) is 0 Å². The van der Waals surface area contributed by atoms with Crippen LogP contribution in [0.4, 0.5) is 0 Å². The first-order valence-corrected chi connectivity index (χ1v) is 13.8. The molecule has 0 radical (unpaired) electrons. The maximum absolute atomic E-state index is 5.63. The fourth-order valence-electron chi connectivity index (χ4n) is 2.76. The molecule has 0 rings (SSSR count). The molecule has 0 aliphatic heterocycles. The highest BCUT2D eigenvalue weighted by Gasteiger charge is 2.09. The molecule has 1 unspecified atom stereocenters. The highest BCUT2D eigenvalue weighted by Crippen LogP contribution is 2.17. The van der Waals surface area contributed by atoms with Gasteiger partial charge in [-0.1, -0.05) is 27.7 Å². The van der Waals surface area contributed by atoms with Crippen LogP contribution in [-0.2, 0) is 37.9 Å². The number of hydrogen-bond donors (Lipinski definition) is 3. The van der Waals surface area contributed by atoms with Gasteiger partial charge in [0.25, 0.3) is 0 Å². The first-order chi connectivity index (χ1) is 18.0. The van der Waals surface area contributed by atoms with Crippen LogP contribution in [0.3, 0.4) is 0 Å². The van der Waals surface area contributed by atoms with Gasteiger partial charge in [-0.2, -0.15) is 0 Å². The van der Waals surface area contributed by atoms with Crippen molar-refractivity contribution in [2.75, 3.05) is 119 Å². The Balaban J connectivity index is 3.29. The molecule has 0 aromatic carbocycles. The average Bonchev–Trinajstić information content (AvgIpc) is 2.87. The second-order valence-corrected chi connectivity index (χ2v) is 9.74. The molecule has 11 heteroatoms. The van der Waals surface area contributed by atoms with Crippen LogP contribution in [0.5, 0.6) is 0 Å². The maximum atomic E-state index is 5.63. The van der Waals surface area contributed by atoms with Gasteiger partial charge < -0.3 is 43.2 Å². The van der Waals surface area contributed by atoms with Crippen molar-refractivity contribution in [1.82, 2.24) is 10.7 Å². The van der Waals surface area contributed by atoms with E-state index in [1.165, 1.54) is 0 Å². The molecule has 0 saturated heterocycles. The Morgan fingerprint density at radius 1 is 0.568 bits per heavy atom. The number of nitrogens with two attached hydrogens (primary N) is 1. The zero-order chi connectivity index (χ0) is 27.3. The monoisotopic (exact) mass is 539 g/mol. The van der Waals surface area contributed by atoms with Gasteiger partial charge in [0.1, 0.15) is 0 Å². The van der Waals surface area contributed by atoms with Crippen molar-refractivity contribution in [3.8, 4) is 0 Å². The minimum Gasteiger partial charge on any atom is -0.379 e. The second-order valence-electron chi connectivity index (χ2n) is 9.74. The zero-order valence-corrected chi connectivity index (χ0v) is 24.1. The summed E-state index contributed by atoms with van der Waals surface area (Å²) in [5.74, 6) is 5.60. The standard InChI is InChI=1S/C26H57N3O8/c1-5-8-30-11-14-33-17-18-35-16-13-32-10-7-28-23-25(29-27)24-37-22-21-36-20-19-34-15-12-31-9-6-26(2,3)4/h25,28-29H,5-24,27H2,1-4H3. The maximum Gasteiger partial charge on any atom is 0.0701 e. The molecule has 11 nitrogen and oxygen atoms in total. The van der Waals surface area contributed by atoms with E-state index in [0.29, 0.717) is 104 Å². The van der Waals surface area contributed by atoms with Gasteiger partial charge in [0, 0.05) is 26.3 Å². The number of rotatable bonds is 30. The average molecular weight is 540 g/mol. The number of ether oxygens (including phenoxy) is 8. The first kappa shape index (κ1) is 36.6. The molecule has 0 heterocycles. The normalized spacial score (nSPS) is 12.9. The zero-order valence-electron chi connectivity index (χ0n) is 24.1. The molecule has 37 heavy (non-hydrogen) atoms. The lowest BCUT2D eigenvalue weighted by Crippen LogP contribution is -2.46. The van der Waals surface area contributed by atoms with Crippen LogP contribution < -0.4 is 16.6 Å². The van der Waals surface area contributed by atoms with E-state index in [2.05, 4.69) is 38.4 Å². The van der Waals surface area contributed by atoms with Crippen LogP contribution in [0.2, 0.25) is 0 Å². The Morgan fingerprint density at radius 2 is 0.973 bits per heavy atom. The summed E-state index contributed by atoms with van der Waals surface area (Å²) in [7, 11) is 0. The van der Waals surface area contributed by atoms with E-state index in [0.717, 1.165) is 32.6 Å². The Morgan fingerprint density at radius 3 is 1.41 bits per heavy atom. The number of hydrazine groups is 1. The van der Waals surface area contributed by atoms with Crippen LogP contribution in [0.25, 0.3) is 0 Å². The van der Waals surface area contributed by atoms with Crippen LogP contribution >= 0.6 is 0 Å². The molecule has 0 aliphatic rings. The largest absolute Gasteiger partial charge is 0.379 e. The van der Waals surface area contributed by atoms with Gasteiger partial charge in [0.2, 0.25) is 0 Å². The third-order valence-electron chi connectivity index (χ3n) is 4.95. The summed E-state index contributed by atoms with van der Waals surface area (Å²) in [6.07, 6.45) is 2.07. The Hall–Kier alpha value is -0.440. The second kappa shape index (κ2) is 28.6. The molecule has 0 amide bonds. The molecular weight excluding hydrogens is 482 g/mol. The third-order valence-corrected chi connectivity index (χ3v) is 4.95. The van der Waals surface area contributed by atoms with Crippen molar-refractivity contribution in [3.63, 3.8) is 0 Å². The number of nitrogens with one attached hydrogen (secondary N) is 2. The molecular formula is C26H57N3O8. The summed E-state index contributed by atoms with van der Waals surface area (Å²) in [6, 6.07) is 0.0114. The summed E-state index contributed by atoms with van der Waals surface area (Å²) >= 11 is 0. The number of hydrogen-bond acceptors (Lipinski definition) is 11. The van der Waals surface area contributed by atoms with Crippen molar-refractivity contribution >= 4 is 0 Å². The van der Waals surface area contributed by atoms with E-state index < -0.39 is 0 Å². The molecule has 4 N–H and O–H groups in total. The molecule has 0 bridgehead atoms. The van der Waals surface area contributed by atoms with Gasteiger partial charge in [0.05, 0.1) is 98.5 Å². The van der Waals surface area contributed by atoms with Gasteiger partial charge in [-0.25, -0.2) is 0 Å². The highest BCUT2D eigenvalue weighted by atomic mass is 16.6. The van der Waals surface area contributed by atoms with Crippen molar-refractivity contribution in [1.29, 1.82) is 0 Å². The highest BCUT2D eigenvalue weighted by molar-refractivity contribution is 4.65. The fourth-order valence-corrected chi connectivity index (χ4v) is 2.76. The van der Waals surface area contributed by atoms with Crippen molar-refractivity contribution in [2.45, 2.75) is 46.6 Å². The van der Waals surface area contributed by atoms with Crippen LogP contribution in [-0.4, -0.2) is 125 Å². The Labute approximate surface area is 225 Å². The predicted octanol–water partition coefficient (Wildman–Crippen LogP) is 1.39. The summed E-state index contributed by atoms with van der Waals surface area (Å²) in [5.41, 5.74) is 3.06. The molecule has 0 fully saturated rings. The van der Waals surface area contributed by atoms with E-state index in [9.17, 15) is 0 Å². The summed E-state index contributed by atoms with van der Waals surface area (Å²) in [4.78, 5) is 0. The first-order valence-electron chi connectivity index (χ1n) is 13.8. The van der Waals surface area contributed by atoms with Crippen LogP contribution in [0, 0.1) is 5.41 Å². The Bertz CT molecular complexity index is 445. The summed E-state index contributed by atoms with van der Waals surface area (Å²) < 4.78 is 44.0. The SMILES string of the molecule is CCCOCCOCCOCCOCCNCC(COCCOCCOCCOCCC(C)(C)C)NN. The minimum absolute atomic E-state index is 0.0114. The minimum atomic E-state index is 0.0114. The lowest BCUT2D eigenvalue weighted by molar-refractivity contribution is -0.00629. The van der Waals surface area contributed by atoms with E-state index >= 15 is 0 Å². The third kappa shape index (κ3) is 31.7. The van der Waals surface area contributed by atoms with E-state index in [-0.39, 0.29) is 6.04 Å². The smallest absolute Gasteiger partial charge is 0.0701 e. The molecule has 0 spiro atoms. The Kier molecular flexibility index (Phi) is 28.2. The van der Waals surface area contributed by atoms with Crippen molar-refractivity contribution < 1.29 is 37.9 Å². The van der Waals surface area contributed by atoms with Gasteiger partial charge in [-0.05, 0) is 18.3 Å². The van der Waals surface area contributed by atoms with Gasteiger partial charge in [-0.15, -0.1) is 0 Å². The summed E-state index contributed by atoms with van der Waals surface area (Å²) in [5, 5.41) is 3.30. The van der Waals surface area contributed by atoms with Crippen molar-refractivity contribution in [3.05, 3.63) is 0 Å². The molecule has 0 aromatic heterocycles. The molecule has 0 aromatic rings. The molecule has 1 atom stereocenters. The fraction of sp³-hybridized carbons (Fsp3) is 1.00. The van der Waals surface area contributed by atoms with E-state index in [1.807, 2.05) is 0 Å². The van der Waals surface area contributed by atoms with Gasteiger partial charge in [-0.3, -0.25) is 11.3 Å². The summed E-state index contributed by atoms with van der Waals surface area (Å²) in [6.45, 7) is 19.6. The topological polar surface area (TPSA) is 124 Å². The van der Waals surface area contributed by atoms with Crippen LogP contribution in [0.15, 0.2) is 0 Å². The van der Waals surface area contributed by atoms with E-state index in [4.69, 9.17) is 43.7 Å². The predicted molar refractivity (Wildman–Crippen MR) is 145 cm³/mol. The molecule has 224 valence electrons. The van der Waals surface area contributed by atoms with Crippen LogP contribution in [0.1, 0.15) is 40.5 Å². The lowest BCUT2D eigenvalue weighted by Gasteiger charge is -2.17. The van der Waals surface area contributed by atoms with Gasteiger partial charge >= 0.3 is 0 Å². The molecule has 0 saturated carbocycles.